The van der Waals surface area contributed by atoms with Crippen LogP contribution in [0.4, 0.5) is 22.7 Å². The number of fused-ring (bicyclic) bond motifs is 4. The summed E-state index contributed by atoms with van der Waals surface area (Å²) in [6.45, 7) is 4.66. The van der Waals surface area contributed by atoms with Gasteiger partial charge >= 0.3 is 6.01 Å². The van der Waals surface area contributed by atoms with E-state index in [1.807, 2.05) is 6.07 Å². The average Bonchev–Trinajstić information content (AvgIpc) is 3.29. The molecule has 0 radical (unpaired) electrons. The van der Waals surface area contributed by atoms with Gasteiger partial charge in [-0.15, -0.1) is 0 Å². The molecule has 0 saturated carbocycles. The molecule has 0 bridgehead atoms. The highest BCUT2D eigenvalue weighted by atomic mass is 15.2. The van der Waals surface area contributed by atoms with Crippen molar-refractivity contribution < 1.29 is 0 Å². The lowest BCUT2D eigenvalue weighted by atomic mass is 9.81. The van der Waals surface area contributed by atoms with Gasteiger partial charge < -0.3 is 0 Å². The minimum Gasteiger partial charge on any atom is -0.0619 e. The molecule has 0 unspecified atom stereocenters. The van der Waals surface area contributed by atoms with Gasteiger partial charge in [0.05, 0.1) is 0 Å². The first kappa shape index (κ1) is 17.1. The number of benzene rings is 4. The van der Waals surface area contributed by atoms with Crippen LogP contribution < -0.4 is 9.15 Å². The highest BCUT2D eigenvalue weighted by Gasteiger charge is 2.44. The molecule has 6 rings (SSSR count). The van der Waals surface area contributed by atoms with E-state index in [1.165, 1.54) is 27.9 Å². The Morgan fingerprint density at radius 3 is 1.97 bits per heavy atom. The molecular formula is C28H22N2+2. The van der Waals surface area contributed by atoms with Crippen LogP contribution in [0, 0.1) is 0 Å². The second kappa shape index (κ2) is 6.13. The Hall–Kier alpha value is -3.74. The van der Waals surface area contributed by atoms with E-state index < -0.39 is 0 Å². The van der Waals surface area contributed by atoms with E-state index in [0.29, 0.717) is 0 Å². The summed E-state index contributed by atoms with van der Waals surface area (Å²) in [4.78, 5) is 0. The highest BCUT2D eigenvalue weighted by Crippen LogP contribution is 2.52. The van der Waals surface area contributed by atoms with E-state index >= 15 is 0 Å². The van der Waals surface area contributed by atoms with Gasteiger partial charge in [0, 0.05) is 41.3 Å². The maximum atomic E-state index is 3.65. The van der Waals surface area contributed by atoms with Crippen molar-refractivity contribution >= 4 is 28.8 Å². The van der Waals surface area contributed by atoms with Crippen molar-refractivity contribution in [3.8, 4) is 11.1 Å². The van der Waals surface area contributed by atoms with Crippen molar-refractivity contribution in [3.63, 3.8) is 0 Å². The zero-order valence-corrected chi connectivity index (χ0v) is 17.1. The first-order valence-electron chi connectivity index (χ1n) is 10.4. The van der Waals surface area contributed by atoms with Crippen LogP contribution in [-0.4, -0.2) is 6.01 Å². The molecule has 0 aromatic heterocycles. The lowest BCUT2D eigenvalue weighted by Crippen LogP contribution is -2.18. The van der Waals surface area contributed by atoms with E-state index in [0.717, 1.165) is 17.1 Å². The smallest absolute Gasteiger partial charge is 0.0619 e. The highest BCUT2D eigenvalue weighted by molar-refractivity contribution is 5.90. The third kappa shape index (κ3) is 2.26. The fourth-order valence-electron chi connectivity index (χ4n) is 5.01. The maximum absolute atomic E-state index is 3.65. The van der Waals surface area contributed by atoms with Crippen molar-refractivity contribution in [1.29, 1.82) is 0 Å². The van der Waals surface area contributed by atoms with Gasteiger partial charge in [-0.3, -0.25) is 0 Å². The molecular weight excluding hydrogens is 364 g/mol. The fraction of sp³-hybridized carbons (Fsp3) is 0.107. The number of hydrogen-bond acceptors (Lipinski definition) is 0. The lowest BCUT2D eigenvalue weighted by Gasteiger charge is -2.21. The van der Waals surface area contributed by atoms with Gasteiger partial charge in [0.1, 0.15) is 0 Å². The number of nitrogens with zero attached hydrogens (tertiary/aromatic N) is 2. The average molecular weight is 386 g/mol. The molecule has 2 nitrogen and oxygen atoms in total. The largest absolute Gasteiger partial charge is 0.503 e. The third-order valence-corrected chi connectivity index (χ3v) is 6.38. The summed E-state index contributed by atoms with van der Waals surface area (Å²) in [6, 6.07) is 38.1. The molecule has 0 atom stereocenters. The Kier molecular flexibility index (Phi) is 3.50. The van der Waals surface area contributed by atoms with E-state index in [-0.39, 0.29) is 5.41 Å². The van der Waals surface area contributed by atoms with Crippen molar-refractivity contribution in [1.82, 2.24) is 9.15 Å². The lowest BCUT2D eigenvalue weighted by molar-refractivity contribution is 0.657. The zero-order valence-electron chi connectivity index (χ0n) is 17.1. The standard InChI is InChI=1S/C28H22N2/c1-28(2)23-15-7-6-13-21(23)22-14-10-18-26(27(22)28)30-19-29(20-11-4-3-5-12-20)24-16-8-9-17-25(24)30/h3-18H,1-2H3/q+2. The van der Waals surface area contributed by atoms with E-state index in [4.69, 9.17) is 0 Å². The summed E-state index contributed by atoms with van der Waals surface area (Å²) < 4.78 is 4.39. The summed E-state index contributed by atoms with van der Waals surface area (Å²) in [5.41, 5.74) is 9.96. The quantitative estimate of drug-likeness (QED) is 0.293. The molecule has 0 amide bonds. The van der Waals surface area contributed by atoms with Crippen LogP contribution in [0.3, 0.4) is 0 Å². The molecule has 0 N–H and O–H groups in total. The second-order valence-corrected chi connectivity index (χ2v) is 8.47. The fourth-order valence-corrected chi connectivity index (χ4v) is 5.01. The van der Waals surface area contributed by atoms with Crippen LogP contribution in [0.15, 0.2) is 97.1 Å². The number of hydrogen-bond donors (Lipinski definition) is 0. The van der Waals surface area contributed by atoms with Crippen molar-refractivity contribution in [2.45, 2.75) is 19.3 Å². The van der Waals surface area contributed by atoms with E-state index in [1.54, 1.807) is 0 Å². The summed E-state index contributed by atoms with van der Waals surface area (Å²) in [7, 11) is 0. The summed E-state index contributed by atoms with van der Waals surface area (Å²) in [5.74, 6) is 0. The van der Waals surface area contributed by atoms with Crippen molar-refractivity contribution in [2.24, 2.45) is 0 Å². The Morgan fingerprint density at radius 1 is 0.567 bits per heavy atom. The van der Waals surface area contributed by atoms with Crippen molar-refractivity contribution in [3.05, 3.63) is 108 Å². The molecule has 0 spiro atoms. The minimum absolute atomic E-state index is 0.0701. The van der Waals surface area contributed by atoms with Crippen LogP contribution >= 0.6 is 0 Å². The predicted octanol–water partition coefficient (Wildman–Crippen LogP) is 6.85. The Balaban J connectivity index is 1.66. The van der Waals surface area contributed by atoms with Gasteiger partial charge in [-0.25, -0.2) is 0 Å². The number of rotatable bonds is 2. The first-order valence-corrected chi connectivity index (χ1v) is 10.4. The molecule has 1 aliphatic carbocycles. The van der Waals surface area contributed by atoms with Crippen molar-refractivity contribution in [2.75, 3.05) is 0 Å². The van der Waals surface area contributed by atoms with Crippen LogP contribution in [0.5, 0.6) is 0 Å². The second-order valence-electron chi connectivity index (χ2n) is 8.47. The Bertz CT molecular complexity index is 1390. The van der Waals surface area contributed by atoms with Crippen LogP contribution in [0.1, 0.15) is 25.0 Å². The molecule has 142 valence electrons. The number of para-hydroxylation sites is 3. The molecule has 2 heteroatoms. The summed E-state index contributed by atoms with van der Waals surface area (Å²) >= 11 is 0. The molecule has 0 saturated heterocycles. The minimum atomic E-state index is -0.0701. The van der Waals surface area contributed by atoms with E-state index in [2.05, 4.69) is 120 Å². The molecule has 30 heavy (non-hydrogen) atoms. The van der Waals surface area contributed by atoms with Gasteiger partial charge in [0.15, 0.2) is 0 Å². The van der Waals surface area contributed by atoms with Gasteiger partial charge in [-0.05, 0) is 25.8 Å². The molecule has 1 aliphatic heterocycles. The summed E-state index contributed by atoms with van der Waals surface area (Å²) in [5, 5.41) is 0. The van der Waals surface area contributed by atoms with Crippen LogP contribution in [0.2, 0.25) is 0 Å². The molecule has 4 aromatic carbocycles. The molecule has 0 fully saturated rings. The van der Waals surface area contributed by atoms with Gasteiger partial charge in [0.2, 0.25) is 11.4 Å². The topological polar surface area (TPSA) is 6.02 Å². The van der Waals surface area contributed by atoms with Gasteiger partial charge in [-0.1, -0.05) is 80.6 Å². The Morgan fingerprint density at radius 2 is 1.17 bits per heavy atom. The van der Waals surface area contributed by atoms with Gasteiger partial charge in [-0.2, -0.15) is 0 Å². The molecule has 2 aliphatic rings. The molecule has 1 heterocycles. The summed E-state index contributed by atoms with van der Waals surface area (Å²) in [6.07, 6.45) is 0. The van der Waals surface area contributed by atoms with Crippen LogP contribution in [0.25, 0.3) is 11.1 Å². The molecule has 4 aromatic rings. The SMILES string of the molecule is CC1(C)c2ccccc2-c2cccc([N+]3=C=[N+](c4ccccc4)c4ccccc43)c21. The zero-order chi connectivity index (χ0) is 20.3. The van der Waals surface area contributed by atoms with Gasteiger partial charge in [0.25, 0.3) is 11.4 Å². The Labute approximate surface area is 176 Å². The maximum Gasteiger partial charge on any atom is 0.503 e. The first-order chi connectivity index (χ1) is 14.7. The monoisotopic (exact) mass is 386 g/mol. The van der Waals surface area contributed by atoms with E-state index in [9.17, 15) is 0 Å². The van der Waals surface area contributed by atoms with Crippen LogP contribution in [-0.2, 0) is 5.41 Å². The third-order valence-electron chi connectivity index (χ3n) is 6.38. The predicted molar refractivity (Wildman–Crippen MR) is 125 cm³/mol. The normalized spacial score (nSPS) is 15.1.